The third kappa shape index (κ3) is 53.6. The van der Waals surface area contributed by atoms with Crippen LogP contribution >= 0.6 is 7.82 Å². The Morgan fingerprint density at radius 2 is 0.855 bits per heavy atom. The minimum Gasteiger partial charge on any atom is -0.756 e. The predicted molar refractivity (Wildman–Crippen MR) is 297 cm³/mol. The third-order valence-electron chi connectivity index (χ3n) is 12.6. The number of carbonyl (C=O) groups is 1. The molecule has 402 valence electrons. The van der Waals surface area contributed by atoms with Gasteiger partial charge in [0.1, 0.15) is 13.2 Å². The van der Waals surface area contributed by atoms with Crippen molar-refractivity contribution in [3.8, 4) is 0 Å². The summed E-state index contributed by atoms with van der Waals surface area (Å²) in [7, 11) is 1.22. The Kier molecular flexibility index (Phi) is 49.3. The maximum absolute atomic E-state index is 13.0. The molecular formula is C60H111N2O6P. The summed E-state index contributed by atoms with van der Waals surface area (Å²) in [6.07, 6.45) is 69.8. The van der Waals surface area contributed by atoms with Crippen molar-refractivity contribution in [3.05, 3.63) is 72.9 Å². The maximum Gasteiger partial charge on any atom is 0.268 e. The number of rotatable bonds is 52. The van der Waals surface area contributed by atoms with Crippen molar-refractivity contribution in [1.82, 2.24) is 5.32 Å². The van der Waals surface area contributed by atoms with Crippen molar-refractivity contribution in [2.45, 2.75) is 264 Å². The molecule has 0 aliphatic heterocycles. The highest BCUT2D eigenvalue weighted by Gasteiger charge is 2.23. The van der Waals surface area contributed by atoms with E-state index in [4.69, 9.17) is 9.05 Å². The van der Waals surface area contributed by atoms with Gasteiger partial charge in [0.15, 0.2) is 0 Å². The second kappa shape index (κ2) is 50.9. The fourth-order valence-corrected chi connectivity index (χ4v) is 8.80. The molecule has 0 rings (SSSR count). The molecular weight excluding hydrogens is 876 g/mol. The lowest BCUT2D eigenvalue weighted by Crippen LogP contribution is -2.45. The summed E-state index contributed by atoms with van der Waals surface area (Å²) in [5, 5.41) is 13.9. The number of nitrogens with one attached hydrogen (secondary N) is 1. The first kappa shape index (κ1) is 66.9. The molecule has 0 heterocycles. The number of nitrogens with zero attached hydrogens (tertiary/aromatic N) is 1. The molecule has 3 unspecified atom stereocenters. The first-order chi connectivity index (χ1) is 33.5. The number of phosphoric ester groups is 1. The van der Waals surface area contributed by atoms with Crippen LogP contribution < -0.4 is 10.2 Å². The van der Waals surface area contributed by atoms with Gasteiger partial charge in [-0.3, -0.25) is 9.36 Å². The topological polar surface area (TPSA) is 108 Å². The fraction of sp³-hybridized carbons (Fsp3) is 0.783. The summed E-state index contributed by atoms with van der Waals surface area (Å²) in [6.45, 7) is 4.61. The van der Waals surface area contributed by atoms with Crippen LogP contribution in [0.5, 0.6) is 0 Å². The van der Waals surface area contributed by atoms with Crippen LogP contribution in [-0.2, 0) is 18.4 Å². The van der Waals surface area contributed by atoms with Crippen LogP contribution in [0.15, 0.2) is 72.9 Å². The largest absolute Gasteiger partial charge is 0.756 e. The number of hydrogen-bond donors (Lipinski definition) is 2. The van der Waals surface area contributed by atoms with Gasteiger partial charge in [-0.15, -0.1) is 0 Å². The molecule has 0 spiro atoms. The van der Waals surface area contributed by atoms with Gasteiger partial charge in [-0.25, -0.2) is 0 Å². The van der Waals surface area contributed by atoms with Crippen molar-refractivity contribution in [1.29, 1.82) is 0 Å². The van der Waals surface area contributed by atoms with E-state index in [1.54, 1.807) is 6.08 Å². The van der Waals surface area contributed by atoms with Crippen LogP contribution in [-0.4, -0.2) is 68.5 Å². The van der Waals surface area contributed by atoms with Crippen LogP contribution in [0.3, 0.4) is 0 Å². The second-order valence-corrected chi connectivity index (χ2v) is 22.0. The number of quaternary nitrogens is 1. The molecule has 0 aliphatic rings. The van der Waals surface area contributed by atoms with E-state index in [1.165, 1.54) is 161 Å². The molecule has 0 aromatic heterocycles. The lowest BCUT2D eigenvalue weighted by Gasteiger charge is -2.29. The van der Waals surface area contributed by atoms with Crippen LogP contribution in [0, 0.1) is 0 Å². The zero-order valence-electron chi connectivity index (χ0n) is 45.8. The molecule has 0 aliphatic carbocycles. The molecule has 8 nitrogen and oxygen atoms in total. The SMILES string of the molecule is CCCCCCC/C=C\C/C=C\C/C=C\CCCCCCCCCCC(=O)NC(COP(=O)([O-])OCC[N+](C)(C)C)C(O)/C=C/CC/C=C/CC/C=C/CCCCCCCCCCCCCCCC. The zero-order chi connectivity index (χ0) is 50.6. The summed E-state index contributed by atoms with van der Waals surface area (Å²) >= 11 is 0. The lowest BCUT2D eigenvalue weighted by atomic mass is 10.0. The first-order valence-corrected chi connectivity index (χ1v) is 30.3. The Bertz CT molecular complexity index is 1350. The molecule has 0 fully saturated rings. The van der Waals surface area contributed by atoms with Gasteiger partial charge in [-0.2, -0.15) is 0 Å². The monoisotopic (exact) mass is 987 g/mol. The van der Waals surface area contributed by atoms with E-state index < -0.39 is 26.6 Å². The molecule has 3 atom stereocenters. The summed E-state index contributed by atoms with van der Waals surface area (Å²) in [4.78, 5) is 25.5. The Morgan fingerprint density at radius 3 is 1.28 bits per heavy atom. The molecule has 9 heteroatoms. The van der Waals surface area contributed by atoms with E-state index in [2.05, 4.69) is 79.9 Å². The van der Waals surface area contributed by atoms with Crippen molar-refractivity contribution in [3.63, 3.8) is 0 Å². The predicted octanol–water partition coefficient (Wildman–Crippen LogP) is 16.9. The number of amides is 1. The summed E-state index contributed by atoms with van der Waals surface area (Å²) < 4.78 is 23.3. The molecule has 0 aromatic carbocycles. The minimum atomic E-state index is -4.62. The van der Waals surface area contributed by atoms with E-state index >= 15 is 0 Å². The fourth-order valence-electron chi connectivity index (χ4n) is 8.07. The van der Waals surface area contributed by atoms with Crippen molar-refractivity contribution >= 4 is 13.7 Å². The van der Waals surface area contributed by atoms with Gasteiger partial charge in [0, 0.05) is 6.42 Å². The van der Waals surface area contributed by atoms with Gasteiger partial charge < -0.3 is 28.8 Å². The van der Waals surface area contributed by atoms with Crippen LogP contribution in [0.25, 0.3) is 0 Å². The quantitative estimate of drug-likeness (QED) is 0.0272. The van der Waals surface area contributed by atoms with Gasteiger partial charge >= 0.3 is 0 Å². The minimum absolute atomic E-state index is 0.0135. The maximum atomic E-state index is 13.0. The Hall–Kier alpha value is -2.06. The van der Waals surface area contributed by atoms with Crippen LogP contribution in [0.4, 0.5) is 0 Å². The second-order valence-electron chi connectivity index (χ2n) is 20.6. The number of carbonyl (C=O) groups excluding carboxylic acids is 1. The highest BCUT2D eigenvalue weighted by atomic mass is 31.2. The smallest absolute Gasteiger partial charge is 0.268 e. The molecule has 0 saturated heterocycles. The van der Waals surface area contributed by atoms with E-state index in [-0.39, 0.29) is 12.5 Å². The van der Waals surface area contributed by atoms with E-state index in [0.717, 1.165) is 70.6 Å². The molecule has 0 saturated carbocycles. The molecule has 0 radical (unpaired) electrons. The number of aliphatic hydroxyl groups is 1. The molecule has 2 N–H and O–H groups in total. The standard InChI is InChI=1S/C60H111N2O6P/c1-6-8-10-12-14-16-18-20-22-24-26-28-30-32-33-35-37-39-41-43-45-47-49-51-53-59(63)58(57-68-69(65,66)67-56-55-62(3,4)5)61-60(64)54-52-50-48-46-44-42-40-38-36-34-31-29-27-25-23-21-19-17-15-13-11-9-7-2/h19,21,25,27,31,34-35,37,43,45,51,53,58-59,63H,6-18,20,22-24,26,28-30,32-33,36,38-42,44,46-50,52,54-57H2,1-5H3,(H-,61,64,65,66)/b21-19-,27-25-,34-31-,37-35+,45-43+,53-51+. The van der Waals surface area contributed by atoms with Gasteiger partial charge in [-0.1, -0.05) is 234 Å². The molecule has 0 bridgehead atoms. The number of phosphoric acid groups is 1. The first-order valence-electron chi connectivity index (χ1n) is 28.8. The zero-order valence-corrected chi connectivity index (χ0v) is 46.6. The Balaban J connectivity index is 4.33. The highest BCUT2D eigenvalue weighted by Crippen LogP contribution is 2.38. The van der Waals surface area contributed by atoms with E-state index in [9.17, 15) is 19.4 Å². The number of hydrogen-bond acceptors (Lipinski definition) is 6. The summed E-state index contributed by atoms with van der Waals surface area (Å²) in [6, 6.07) is -0.918. The van der Waals surface area contributed by atoms with Gasteiger partial charge in [0.2, 0.25) is 5.91 Å². The average molecular weight is 988 g/mol. The Morgan fingerprint density at radius 1 is 0.507 bits per heavy atom. The number of aliphatic hydroxyl groups excluding tert-OH is 1. The molecule has 1 amide bonds. The van der Waals surface area contributed by atoms with Crippen LogP contribution in [0.2, 0.25) is 0 Å². The van der Waals surface area contributed by atoms with Crippen molar-refractivity contribution in [2.75, 3.05) is 40.9 Å². The van der Waals surface area contributed by atoms with E-state index in [0.29, 0.717) is 17.4 Å². The molecule has 69 heavy (non-hydrogen) atoms. The summed E-state index contributed by atoms with van der Waals surface area (Å²) in [5.74, 6) is -0.219. The average Bonchev–Trinajstić information content (AvgIpc) is 3.31. The number of likely N-dealkylation sites (N-methyl/N-ethyl adjacent to an activating group) is 1. The van der Waals surface area contributed by atoms with Gasteiger partial charge in [-0.05, 0) is 83.5 Å². The van der Waals surface area contributed by atoms with Gasteiger partial charge in [0.05, 0.1) is 39.9 Å². The lowest BCUT2D eigenvalue weighted by molar-refractivity contribution is -0.870. The number of allylic oxidation sites excluding steroid dienone is 11. The normalized spacial score (nSPS) is 14.5. The Labute approximate surface area is 427 Å². The highest BCUT2D eigenvalue weighted by molar-refractivity contribution is 7.45. The van der Waals surface area contributed by atoms with Crippen LogP contribution in [0.1, 0.15) is 251 Å². The van der Waals surface area contributed by atoms with Crippen molar-refractivity contribution < 1.29 is 32.9 Å². The summed E-state index contributed by atoms with van der Waals surface area (Å²) in [5.41, 5.74) is 0. The number of unbranched alkanes of at least 4 members (excludes halogenated alkanes) is 29. The molecule has 0 aromatic rings. The van der Waals surface area contributed by atoms with Crippen molar-refractivity contribution in [2.24, 2.45) is 0 Å². The third-order valence-corrected chi connectivity index (χ3v) is 13.6. The van der Waals surface area contributed by atoms with E-state index in [1.807, 2.05) is 27.2 Å². The van der Waals surface area contributed by atoms with Gasteiger partial charge in [0.25, 0.3) is 7.82 Å².